The van der Waals surface area contributed by atoms with Crippen LogP contribution in [-0.4, -0.2) is 37.6 Å². The summed E-state index contributed by atoms with van der Waals surface area (Å²) in [5.74, 6) is 0.905. The predicted molar refractivity (Wildman–Crippen MR) is 79.5 cm³/mol. The van der Waals surface area contributed by atoms with Gasteiger partial charge in [-0.25, -0.2) is 0 Å². The SMILES string of the molecule is CC(C)Oc1ccc(Br)cc1CNCCOCCO. The fourth-order valence-electron chi connectivity index (χ4n) is 1.59. The summed E-state index contributed by atoms with van der Waals surface area (Å²) in [5.41, 5.74) is 1.12. The van der Waals surface area contributed by atoms with Gasteiger partial charge in [0.25, 0.3) is 0 Å². The van der Waals surface area contributed by atoms with Gasteiger partial charge in [0.1, 0.15) is 5.75 Å². The van der Waals surface area contributed by atoms with Crippen molar-refractivity contribution in [2.75, 3.05) is 26.4 Å². The minimum atomic E-state index is 0.0675. The van der Waals surface area contributed by atoms with Crippen molar-refractivity contribution in [1.29, 1.82) is 0 Å². The van der Waals surface area contributed by atoms with E-state index in [-0.39, 0.29) is 12.7 Å². The zero-order valence-corrected chi connectivity index (χ0v) is 13.1. The van der Waals surface area contributed by atoms with Gasteiger partial charge in [-0.3, -0.25) is 0 Å². The molecule has 0 spiro atoms. The molecule has 1 rings (SSSR count). The van der Waals surface area contributed by atoms with E-state index in [0.29, 0.717) is 13.2 Å². The number of hydrogen-bond acceptors (Lipinski definition) is 4. The van der Waals surface area contributed by atoms with Crippen molar-refractivity contribution in [3.8, 4) is 5.75 Å². The molecule has 0 unspecified atom stereocenters. The quantitative estimate of drug-likeness (QED) is 0.682. The molecule has 0 aromatic heterocycles. The van der Waals surface area contributed by atoms with Gasteiger partial charge in [0.05, 0.1) is 25.9 Å². The zero-order chi connectivity index (χ0) is 14.1. The number of halogens is 1. The lowest BCUT2D eigenvalue weighted by Gasteiger charge is -2.15. The third-order valence-corrected chi connectivity index (χ3v) is 2.85. The Labute approximate surface area is 123 Å². The first-order valence-corrected chi connectivity index (χ1v) is 7.27. The van der Waals surface area contributed by atoms with Gasteiger partial charge in [0.2, 0.25) is 0 Å². The molecule has 19 heavy (non-hydrogen) atoms. The van der Waals surface area contributed by atoms with Crippen molar-refractivity contribution >= 4 is 15.9 Å². The summed E-state index contributed by atoms with van der Waals surface area (Å²) in [4.78, 5) is 0. The Bertz CT molecular complexity index is 372. The average Bonchev–Trinajstić information content (AvgIpc) is 2.36. The lowest BCUT2D eigenvalue weighted by molar-refractivity contribution is 0.0937. The Morgan fingerprint density at radius 3 is 2.79 bits per heavy atom. The second kappa shape index (κ2) is 9.31. The molecule has 2 N–H and O–H groups in total. The van der Waals surface area contributed by atoms with E-state index in [1.165, 1.54) is 0 Å². The van der Waals surface area contributed by atoms with Crippen LogP contribution in [0.1, 0.15) is 19.4 Å². The lowest BCUT2D eigenvalue weighted by Crippen LogP contribution is -2.20. The summed E-state index contributed by atoms with van der Waals surface area (Å²) < 4.78 is 12.0. The summed E-state index contributed by atoms with van der Waals surface area (Å²) in [6.07, 6.45) is 0.160. The summed E-state index contributed by atoms with van der Waals surface area (Å²) in [6.45, 7) is 6.55. The standard InChI is InChI=1S/C14H22BrNO3/c1-11(2)19-14-4-3-13(15)9-12(14)10-16-5-7-18-8-6-17/h3-4,9,11,16-17H,5-8,10H2,1-2H3. The van der Waals surface area contributed by atoms with Gasteiger partial charge in [-0.05, 0) is 32.0 Å². The molecule has 0 radical (unpaired) electrons. The van der Waals surface area contributed by atoms with Crippen LogP contribution in [0.3, 0.4) is 0 Å². The van der Waals surface area contributed by atoms with E-state index >= 15 is 0 Å². The van der Waals surface area contributed by atoms with Crippen molar-refractivity contribution < 1.29 is 14.6 Å². The molecule has 4 nitrogen and oxygen atoms in total. The summed E-state index contributed by atoms with van der Waals surface area (Å²) >= 11 is 3.47. The second-order valence-electron chi connectivity index (χ2n) is 4.43. The van der Waals surface area contributed by atoms with Gasteiger partial charge in [0, 0.05) is 23.1 Å². The van der Waals surface area contributed by atoms with E-state index in [9.17, 15) is 0 Å². The number of benzene rings is 1. The molecule has 0 fully saturated rings. The van der Waals surface area contributed by atoms with Crippen molar-refractivity contribution in [1.82, 2.24) is 5.32 Å². The molecule has 0 saturated carbocycles. The van der Waals surface area contributed by atoms with Crippen molar-refractivity contribution in [2.45, 2.75) is 26.5 Å². The minimum absolute atomic E-state index is 0.0675. The van der Waals surface area contributed by atoms with E-state index in [1.807, 2.05) is 26.0 Å². The Kier molecular flexibility index (Phi) is 8.05. The van der Waals surface area contributed by atoms with Crippen molar-refractivity contribution in [3.05, 3.63) is 28.2 Å². The Morgan fingerprint density at radius 2 is 2.11 bits per heavy atom. The van der Waals surface area contributed by atoms with Crippen LogP contribution in [-0.2, 0) is 11.3 Å². The summed E-state index contributed by atoms with van der Waals surface area (Å²) in [7, 11) is 0. The molecule has 108 valence electrons. The van der Waals surface area contributed by atoms with Gasteiger partial charge < -0.3 is 19.9 Å². The molecular weight excluding hydrogens is 310 g/mol. The van der Waals surface area contributed by atoms with Crippen LogP contribution in [0.4, 0.5) is 0 Å². The van der Waals surface area contributed by atoms with Gasteiger partial charge in [-0.2, -0.15) is 0 Å². The number of aliphatic hydroxyl groups excluding tert-OH is 1. The predicted octanol–water partition coefficient (Wildman–Crippen LogP) is 2.33. The molecule has 1 aromatic rings. The second-order valence-corrected chi connectivity index (χ2v) is 5.35. The van der Waals surface area contributed by atoms with Crippen LogP contribution < -0.4 is 10.1 Å². The van der Waals surface area contributed by atoms with Crippen molar-refractivity contribution in [2.24, 2.45) is 0 Å². The monoisotopic (exact) mass is 331 g/mol. The van der Waals surface area contributed by atoms with Crippen LogP contribution in [0.15, 0.2) is 22.7 Å². The molecule has 0 aliphatic carbocycles. The maximum absolute atomic E-state index is 8.58. The molecule has 0 aliphatic heterocycles. The van der Waals surface area contributed by atoms with E-state index in [1.54, 1.807) is 0 Å². The Morgan fingerprint density at radius 1 is 1.32 bits per heavy atom. The molecule has 1 aromatic carbocycles. The molecule has 0 aliphatic rings. The first-order valence-electron chi connectivity index (χ1n) is 6.48. The summed E-state index contributed by atoms with van der Waals surface area (Å²) in [6, 6.07) is 6.01. The molecule has 0 atom stereocenters. The highest BCUT2D eigenvalue weighted by atomic mass is 79.9. The number of aliphatic hydroxyl groups is 1. The van der Waals surface area contributed by atoms with Gasteiger partial charge in [0.15, 0.2) is 0 Å². The van der Waals surface area contributed by atoms with E-state index in [0.717, 1.165) is 28.9 Å². The van der Waals surface area contributed by atoms with Gasteiger partial charge >= 0.3 is 0 Å². The molecule has 5 heteroatoms. The van der Waals surface area contributed by atoms with Crippen LogP contribution >= 0.6 is 15.9 Å². The fraction of sp³-hybridized carbons (Fsp3) is 0.571. The number of hydrogen-bond donors (Lipinski definition) is 2. The Hall–Kier alpha value is -0.620. The van der Waals surface area contributed by atoms with E-state index in [4.69, 9.17) is 14.6 Å². The summed E-state index contributed by atoms with van der Waals surface area (Å²) in [5, 5.41) is 11.9. The normalized spacial score (nSPS) is 11.0. The number of rotatable bonds is 9. The van der Waals surface area contributed by atoms with Crippen LogP contribution in [0, 0.1) is 0 Å². The molecule has 0 heterocycles. The molecule has 0 saturated heterocycles. The fourth-order valence-corrected chi connectivity index (χ4v) is 2.00. The highest BCUT2D eigenvalue weighted by Gasteiger charge is 2.06. The average molecular weight is 332 g/mol. The number of ether oxygens (including phenoxy) is 2. The van der Waals surface area contributed by atoms with Crippen LogP contribution in [0.5, 0.6) is 5.75 Å². The smallest absolute Gasteiger partial charge is 0.124 e. The van der Waals surface area contributed by atoms with Crippen LogP contribution in [0.2, 0.25) is 0 Å². The maximum atomic E-state index is 8.58. The lowest BCUT2D eigenvalue weighted by atomic mass is 10.2. The highest BCUT2D eigenvalue weighted by molar-refractivity contribution is 9.10. The van der Waals surface area contributed by atoms with Crippen LogP contribution in [0.25, 0.3) is 0 Å². The third kappa shape index (κ3) is 6.92. The molecule has 0 bridgehead atoms. The first-order chi connectivity index (χ1) is 9.13. The zero-order valence-electron chi connectivity index (χ0n) is 11.5. The van der Waals surface area contributed by atoms with E-state index < -0.39 is 0 Å². The molecule has 0 amide bonds. The highest BCUT2D eigenvalue weighted by Crippen LogP contribution is 2.24. The largest absolute Gasteiger partial charge is 0.491 e. The van der Waals surface area contributed by atoms with Crippen molar-refractivity contribution in [3.63, 3.8) is 0 Å². The van der Waals surface area contributed by atoms with Gasteiger partial charge in [-0.1, -0.05) is 15.9 Å². The molecular formula is C14H22BrNO3. The minimum Gasteiger partial charge on any atom is -0.491 e. The first kappa shape index (κ1) is 16.4. The topological polar surface area (TPSA) is 50.7 Å². The maximum Gasteiger partial charge on any atom is 0.124 e. The van der Waals surface area contributed by atoms with Gasteiger partial charge in [-0.15, -0.1) is 0 Å². The van der Waals surface area contributed by atoms with E-state index in [2.05, 4.69) is 27.3 Å². The Balaban J connectivity index is 2.44. The number of nitrogens with one attached hydrogen (secondary N) is 1. The third-order valence-electron chi connectivity index (χ3n) is 2.36.